The highest BCUT2D eigenvalue weighted by atomic mass is 16.5. The van der Waals surface area contributed by atoms with Crippen LogP contribution in [0.2, 0.25) is 0 Å². The predicted molar refractivity (Wildman–Crippen MR) is 51.1 cm³/mol. The summed E-state index contributed by atoms with van der Waals surface area (Å²) in [7, 11) is 0. The molecule has 0 atom stereocenters. The Morgan fingerprint density at radius 2 is 2.31 bits per heavy atom. The molecule has 0 aliphatic carbocycles. The molecule has 0 spiro atoms. The molecule has 68 valence electrons. The Morgan fingerprint density at radius 1 is 1.46 bits per heavy atom. The fourth-order valence-corrected chi connectivity index (χ4v) is 1.35. The van der Waals surface area contributed by atoms with Crippen LogP contribution in [0.15, 0.2) is 24.5 Å². The summed E-state index contributed by atoms with van der Waals surface area (Å²) < 4.78 is 7.20. The molecule has 0 N–H and O–H groups in total. The highest BCUT2D eigenvalue weighted by Crippen LogP contribution is 2.15. The third-order valence-electron chi connectivity index (χ3n) is 1.99. The first kappa shape index (κ1) is 8.10. The topological polar surface area (TPSA) is 26.5 Å². The first-order chi connectivity index (χ1) is 6.31. The molecule has 13 heavy (non-hydrogen) atoms. The Balaban J connectivity index is 2.50. The van der Waals surface area contributed by atoms with Gasteiger partial charge in [-0.15, -0.1) is 0 Å². The summed E-state index contributed by atoms with van der Waals surface area (Å²) in [5, 5.41) is 4.20. The van der Waals surface area contributed by atoms with Crippen LogP contribution in [0.4, 0.5) is 0 Å². The number of pyridine rings is 1. The van der Waals surface area contributed by atoms with Crippen molar-refractivity contribution in [2.45, 2.75) is 13.8 Å². The van der Waals surface area contributed by atoms with E-state index in [1.165, 1.54) is 5.56 Å². The Bertz CT molecular complexity index is 420. The number of nitrogens with zero attached hydrogens (tertiary/aromatic N) is 2. The number of hydrogen-bond donors (Lipinski definition) is 0. The van der Waals surface area contributed by atoms with E-state index in [-0.39, 0.29) is 0 Å². The number of aryl methyl sites for hydroxylation is 1. The SMILES string of the molecule is CCOc1ccc2c(C)cnn2c1. The molecule has 0 aliphatic rings. The first-order valence-electron chi connectivity index (χ1n) is 4.38. The van der Waals surface area contributed by atoms with Crippen molar-refractivity contribution in [3.8, 4) is 5.75 Å². The van der Waals surface area contributed by atoms with Gasteiger partial charge in [-0.1, -0.05) is 0 Å². The Kier molecular flexibility index (Phi) is 1.93. The van der Waals surface area contributed by atoms with Crippen molar-refractivity contribution < 1.29 is 4.74 Å². The van der Waals surface area contributed by atoms with E-state index in [9.17, 15) is 0 Å². The van der Waals surface area contributed by atoms with Crippen LogP contribution in [0.5, 0.6) is 5.75 Å². The summed E-state index contributed by atoms with van der Waals surface area (Å²) >= 11 is 0. The molecule has 2 heterocycles. The maximum absolute atomic E-state index is 5.36. The minimum atomic E-state index is 0.686. The zero-order chi connectivity index (χ0) is 9.26. The predicted octanol–water partition coefficient (Wildman–Crippen LogP) is 2.04. The van der Waals surface area contributed by atoms with E-state index < -0.39 is 0 Å². The number of aromatic nitrogens is 2. The molecule has 2 aromatic rings. The molecular formula is C10H12N2O. The van der Waals surface area contributed by atoms with Crippen molar-refractivity contribution in [3.63, 3.8) is 0 Å². The van der Waals surface area contributed by atoms with Gasteiger partial charge in [-0.2, -0.15) is 5.10 Å². The third kappa shape index (κ3) is 1.37. The molecular weight excluding hydrogens is 164 g/mol. The zero-order valence-corrected chi connectivity index (χ0v) is 7.82. The summed E-state index contributed by atoms with van der Waals surface area (Å²) in [5.74, 6) is 0.859. The number of ether oxygens (including phenoxy) is 1. The van der Waals surface area contributed by atoms with Crippen LogP contribution in [0.1, 0.15) is 12.5 Å². The standard InChI is InChI=1S/C10H12N2O/c1-3-13-9-4-5-10-8(2)6-11-12(10)7-9/h4-7H,3H2,1-2H3. The van der Waals surface area contributed by atoms with Gasteiger partial charge in [0.05, 0.1) is 24.5 Å². The van der Waals surface area contributed by atoms with E-state index in [1.54, 1.807) is 0 Å². The Labute approximate surface area is 76.9 Å². The lowest BCUT2D eigenvalue weighted by Crippen LogP contribution is -1.94. The molecule has 0 aliphatic heterocycles. The smallest absolute Gasteiger partial charge is 0.137 e. The monoisotopic (exact) mass is 176 g/mol. The summed E-state index contributed by atoms with van der Waals surface area (Å²) in [6.45, 7) is 4.70. The van der Waals surface area contributed by atoms with Gasteiger partial charge in [0.15, 0.2) is 0 Å². The lowest BCUT2D eigenvalue weighted by Gasteiger charge is -2.02. The van der Waals surface area contributed by atoms with Gasteiger partial charge in [-0.05, 0) is 31.5 Å². The molecule has 0 bridgehead atoms. The molecule has 0 aromatic carbocycles. The van der Waals surface area contributed by atoms with Crippen LogP contribution in [-0.4, -0.2) is 16.2 Å². The van der Waals surface area contributed by atoms with Gasteiger partial charge in [-0.3, -0.25) is 0 Å². The molecule has 2 rings (SSSR count). The summed E-state index contributed by atoms with van der Waals surface area (Å²) in [6.07, 6.45) is 3.75. The highest BCUT2D eigenvalue weighted by Gasteiger charge is 1.99. The molecule has 0 unspecified atom stereocenters. The highest BCUT2D eigenvalue weighted by molar-refractivity contribution is 5.54. The number of fused-ring (bicyclic) bond motifs is 1. The molecule has 0 saturated carbocycles. The van der Waals surface area contributed by atoms with Gasteiger partial charge in [0.2, 0.25) is 0 Å². The van der Waals surface area contributed by atoms with Crippen molar-refractivity contribution in [2.75, 3.05) is 6.61 Å². The molecule has 0 fully saturated rings. The average molecular weight is 176 g/mol. The lowest BCUT2D eigenvalue weighted by atomic mass is 10.3. The van der Waals surface area contributed by atoms with Gasteiger partial charge in [-0.25, -0.2) is 4.52 Å². The maximum atomic E-state index is 5.36. The summed E-state index contributed by atoms with van der Waals surface area (Å²) in [4.78, 5) is 0. The van der Waals surface area contributed by atoms with Crippen molar-refractivity contribution in [2.24, 2.45) is 0 Å². The molecule has 2 aromatic heterocycles. The summed E-state index contributed by atoms with van der Waals surface area (Å²) in [5.41, 5.74) is 2.31. The molecule has 0 saturated heterocycles. The quantitative estimate of drug-likeness (QED) is 0.700. The fraction of sp³-hybridized carbons (Fsp3) is 0.300. The van der Waals surface area contributed by atoms with Crippen LogP contribution in [-0.2, 0) is 0 Å². The number of rotatable bonds is 2. The van der Waals surface area contributed by atoms with Gasteiger partial charge >= 0.3 is 0 Å². The Morgan fingerprint density at radius 3 is 3.08 bits per heavy atom. The van der Waals surface area contributed by atoms with Gasteiger partial charge in [0.1, 0.15) is 5.75 Å². The van der Waals surface area contributed by atoms with Crippen LogP contribution >= 0.6 is 0 Å². The van der Waals surface area contributed by atoms with Crippen LogP contribution in [0, 0.1) is 6.92 Å². The largest absolute Gasteiger partial charge is 0.492 e. The van der Waals surface area contributed by atoms with E-state index in [0.717, 1.165) is 11.3 Å². The first-order valence-corrected chi connectivity index (χ1v) is 4.38. The third-order valence-corrected chi connectivity index (χ3v) is 1.99. The van der Waals surface area contributed by atoms with Crippen LogP contribution in [0.3, 0.4) is 0 Å². The molecule has 3 nitrogen and oxygen atoms in total. The summed E-state index contributed by atoms with van der Waals surface area (Å²) in [6, 6.07) is 3.99. The normalized spacial score (nSPS) is 10.6. The molecule has 0 amide bonds. The van der Waals surface area contributed by atoms with Gasteiger partial charge < -0.3 is 4.74 Å². The second-order valence-corrected chi connectivity index (χ2v) is 2.96. The van der Waals surface area contributed by atoms with Gasteiger partial charge in [0, 0.05) is 0 Å². The zero-order valence-electron chi connectivity index (χ0n) is 7.82. The van der Waals surface area contributed by atoms with E-state index in [4.69, 9.17) is 4.74 Å². The fourth-order valence-electron chi connectivity index (χ4n) is 1.35. The maximum Gasteiger partial charge on any atom is 0.137 e. The second kappa shape index (κ2) is 3.09. The lowest BCUT2D eigenvalue weighted by molar-refractivity contribution is 0.338. The average Bonchev–Trinajstić information content (AvgIpc) is 2.48. The molecule has 0 radical (unpaired) electrons. The van der Waals surface area contributed by atoms with E-state index in [2.05, 4.69) is 5.10 Å². The van der Waals surface area contributed by atoms with E-state index in [1.807, 2.05) is 42.9 Å². The van der Waals surface area contributed by atoms with Crippen LogP contribution in [0.25, 0.3) is 5.52 Å². The minimum absolute atomic E-state index is 0.686. The van der Waals surface area contributed by atoms with E-state index in [0.29, 0.717) is 6.61 Å². The van der Waals surface area contributed by atoms with E-state index >= 15 is 0 Å². The van der Waals surface area contributed by atoms with Crippen molar-refractivity contribution in [3.05, 3.63) is 30.1 Å². The molecule has 3 heteroatoms. The van der Waals surface area contributed by atoms with Crippen molar-refractivity contribution >= 4 is 5.52 Å². The minimum Gasteiger partial charge on any atom is -0.492 e. The van der Waals surface area contributed by atoms with Crippen LogP contribution < -0.4 is 4.74 Å². The number of hydrogen-bond acceptors (Lipinski definition) is 2. The van der Waals surface area contributed by atoms with Crippen molar-refractivity contribution in [1.29, 1.82) is 0 Å². The van der Waals surface area contributed by atoms with Crippen molar-refractivity contribution in [1.82, 2.24) is 9.61 Å². The van der Waals surface area contributed by atoms with Gasteiger partial charge in [0.25, 0.3) is 0 Å². The second-order valence-electron chi connectivity index (χ2n) is 2.96. The Hall–Kier alpha value is -1.51.